The Balaban J connectivity index is 3.95. The van der Waals surface area contributed by atoms with Crippen LogP contribution in [0.25, 0.3) is 0 Å². The molecule has 0 aromatic rings. The Labute approximate surface area is 99.5 Å². The second-order valence-corrected chi connectivity index (χ2v) is 6.48. The van der Waals surface area contributed by atoms with Crippen molar-refractivity contribution in [3.63, 3.8) is 0 Å². The Morgan fingerprint density at radius 1 is 1.25 bits per heavy atom. The Bertz CT molecular complexity index is 258. The lowest BCUT2D eigenvalue weighted by Crippen LogP contribution is -2.37. The van der Waals surface area contributed by atoms with E-state index in [0.717, 1.165) is 12.8 Å². The lowest BCUT2D eigenvalue weighted by Gasteiger charge is -2.23. The van der Waals surface area contributed by atoms with Crippen molar-refractivity contribution in [3.05, 3.63) is 0 Å². The minimum Gasteiger partial charge on any atom is -0.377 e. The number of hydrogen-bond donors (Lipinski definition) is 1. The summed E-state index contributed by atoms with van der Waals surface area (Å²) in [5.41, 5.74) is 6.00. The van der Waals surface area contributed by atoms with Crippen molar-refractivity contribution in [3.8, 4) is 0 Å². The van der Waals surface area contributed by atoms with Gasteiger partial charge >= 0.3 is 0 Å². The van der Waals surface area contributed by atoms with Crippen LogP contribution in [0, 0.1) is 0 Å². The molecule has 4 nitrogen and oxygen atoms in total. The van der Waals surface area contributed by atoms with E-state index in [1.807, 2.05) is 6.92 Å². The molecule has 0 radical (unpaired) electrons. The lowest BCUT2D eigenvalue weighted by atomic mass is 10.0. The molecule has 5 heteroatoms. The van der Waals surface area contributed by atoms with Crippen molar-refractivity contribution >= 4 is 9.84 Å². The van der Waals surface area contributed by atoms with Gasteiger partial charge in [0, 0.05) is 24.7 Å². The summed E-state index contributed by atoms with van der Waals surface area (Å²) in [6.45, 7) is 4.70. The molecule has 2 atom stereocenters. The molecule has 0 heterocycles. The molecule has 0 rings (SSSR count). The van der Waals surface area contributed by atoms with Crippen LogP contribution in [0.5, 0.6) is 0 Å². The van der Waals surface area contributed by atoms with E-state index in [1.165, 1.54) is 6.26 Å². The Morgan fingerprint density at radius 3 is 2.31 bits per heavy atom. The molecule has 2 unspecified atom stereocenters. The Kier molecular flexibility index (Phi) is 7.97. The van der Waals surface area contributed by atoms with Gasteiger partial charge in [-0.3, -0.25) is 0 Å². The van der Waals surface area contributed by atoms with E-state index in [0.29, 0.717) is 19.4 Å². The molecule has 0 fully saturated rings. The summed E-state index contributed by atoms with van der Waals surface area (Å²) < 4.78 is 27.5. The minimum absolute atomic E-state index is 0.0540. The number of hydrogen-bond acceptors (Lipinski definition) is 4. The molecule has 0 spiro atoms. The summed E-state index contributed by atoms with van der Waals surface area (Å²) in [6.07, 6.45) is 4.61. The molecule has 0 saturated heterocycles. The zero-order valence-corrected chi connectivity index (χ0v) is 11.4. The van der Waals surface area contributed by atoms with Gasteiger partial charge in [-0.15, -0.1) is 0 Å². The summed E-state index contributed by atoms with van der Waals surface area (Å²) in [4.78, 5) is 0. The normalized spacial score (nSPS) is 16.0. The van der Waals surface area contributed by atoms with Gasteiger partial charge in [0.2, 0.25) is 0 Å². The monoisotopic (exact) mass is 251 g/mol. The Hall–Kier alpha value is -0.130. The number of sulfone groups is 1. The molecule has 0 saturated carbocycles. The van der Waals surface area contributed by atoms with Gasteiger partial charge in [0.05, 0.1) is 6.10 Å². The third-order valence-electron chi connectivity index (χ3n) is 2.48. The van der Waals surface area contributed by atoms with Gasteiger partial charge in [-0.1, -0.05) is 13.3 Å². The fourth-order valence-corrected chi connectivity index (χ4v) is 2.38. The first-order valence-electron chi connectivity index (χ1n) is 5.95. The minimum atomic E-state index is -2.87. The zero-order valence-electron chi connectivity index (χ0n) is 10.6. The first-order valence-corrected chi connectivity index (χ1v) is 8.01. The van der Waals surface area contributed by atoms with E-state index in [9.17, 15) is 8.42 Å². The number of rotatable bonds is 9. The number of nitrogens with two attached hydrogens (primary N) is 1. The molecule has 0 bridgehead atoms. The van der Waals surface area contributed by atoms with Crippen LogP contribution >= 0.6 is 0 Å². The maximum Gasteiger partial charge on any atom is 0.147 e. The van der Waals surface area contributed by atoms with Crippen molar-refractivity contribution in [2.24, 2.45) is 5.73 Å². The molecule has 0 aliphatic rings. The van der Waals surface area contributed by atoms with E-state index >= 15 is 0 Å². The first kappa shape index (κ1) is 15.9. The van der Waals surface area contributed by atoms with E-state index in [4.69, 9.17) is 10.5 Å². The van der Waals surface area contributed by atoms with E-state index in [-0.39, 0.29) is 17.9 Å². The fraction of sp³-hybridized carbons (Fsp3) is 1.00. The van der Waals surface area contributed by atoms with Gasteiger partial charge in [-0.25, -0.2) is 8.42 Å². The third-order valence-corrected chi connectivity index (χ3v) is 3.51. The van der Waals surface area contributed by atoms with Gasteiger partial charge in [0.25, 0.3) is 0 Å². The predicted molar refractivity (Wildman–Crippen MR) is 67.2 cm³/mol. The van der Waals surface area contributed by atoms with Crippen molar-refractivity contribution in [2.75, 3.05) is 18.6 Å². The molecule has 0 amide bonds. The molecule has 0 aliphatic carbocycles. The second kappa shape index (κ2) is 8.03. The highest BCUT2D eigenvalue weighted by molar-refractivity contribution is 7.90. The highest BCUT2D eigenvalue weighted by Gasteiger charge is 2.17. The molecule has 0 aliphatic heterocycles. The van der Waals surface area contributed by atoms with Crippen molar-refractivity contribution in [1.29, 1.82) is 0 Å². The molecule has 0 aromatic carbocycles. The average molecular weight is 251 g/mol. The van der Waals surface area contributed by atoms with Gasteiger partial charge in [0.1, 0.15) is 9.84 Å². The van der Waals surface area contributed by atoms with Gasteiger partial charge in [-0.05, 0) is 26.2 Å². The van der Waals surface area contributed by atoms with Crippen molar-refractivity contribution in [2.45, 2.75) is 51.7 Å². The van der Waals surface area contributed by atoms with Gasteiger partial charge < -0.3 is 10.5 Å². The smallest absolute Gasteiger partial charge is 0.147 e. The first-order chi connectivity index (χ1) is 7.40. The average Bonchev–Trinajstić information content (AvgIpc) is 2.15. The summed E-state index contributed by atoms with van der Waals surface area (Å²) in [7, 11) is -2.87. The summed E-state index contributed by atoms with van der Waals surface area (Å²) >= 11 is 0. The summed E-state index contributed by atoms with van der Waals surface area (Å²) in [6, 6.07) is -0.0540. The maximum atomic E-state index is 11.0. The van der Waals surface area contributed by atoms with Crippen LogP contribution in [0.4, 0.5) is 0 Å². The van der Waals surface area contributed by atoms with Crippen LogP contribution in [0.2, 0.25) is 0 Å². The maximum absolute atomic E-state index is 11.0. The predicted octanol–water partition coefficient (Wildman–Crippen LogP) is 1.34. The number of ether oxygens (including phenoxy) is 1. The van der Waals surface area contributed by atoms with Crippen LogP contribution in [0.1, 0.15) is 39.5 Å². The van der Waals surface area contributed by atoms with Crippen molar-refractivity contribution in [1.82, 2.24) is 0 Å². The molecule has 0 aromatic heterocycles. The van der Waals surface area contributed by atoms with Crippen LogP contribution in [0.15, 0.2) is 0 Å². The van der Waals surface area contributed by atoms with Gasteiger partial charge in [0.15, 0.2) is 0 Å². The van der Waals surface area contributed by atoms with Gasteiger partial charge in [-0.2, -0.15) is 0 Å². The van der Waals surface area contributed by atoms with Crippen molar-refractivity contribution < 1.29 is 13.2 Å². The van der Waals surface area contributed by atoms with E-state index < -0.39 is 9.84 Å². The summed E-state index contributed by atoms with van der Waals surface area (Å²) in [5.74, 6) is 0.214. The highest BCUT2D eigenvalue weighted by atomic mass is 32.2. The highest BCUT2D eigenvalue weighted by Crippen LogP contribution is 2.11. The quantitative estimate of drug-likeness (QED) is 0.671. The topological polar surface area (TPSA) is 69.4 Å². The van der Waals surface area contributed by atoms with Crippen LogP contribution < -0.4 is 5.73 Å². The summed E-state index contributed by atoms with van der Waals surface area (Å²) in [5, 5.41) is 0. The SMILES string of the molecule is CCCC(OCC)C(N)CCCS(C)(=O)=O. The largest absolute Gasteiger partial charge is 0.377 e. The second-order valence-electron chi connectivity index (χ2n) is 4.22. The Morgan fingerprint density at radius 2 is 1.88 bits per heavy atom. The molecule has 2 N–H and O–H groups in total. The van der Waals surface area contributed by atoms with E-state index in [1.54, 1.807) is 0 Å². The third kappa shape index (κ3) is 8.07. The molecular weight excluding hydrogens is 226 g/mol. The van der Waals surface area contributed by atoms with Crippen LogP contribution in [-0.2, 0) is 14.6 Å². The lowest BCUT2D eigenvalue weighted by molar-refractivity contribution is 0.0357. The molecule has 16 heavy (non-hydrogen) atoms. The zero-order chi connectivity index (χ0) is 12.6. The fourth-order valence-electron chi connectivity index (χ4n) is 1.69. The standard InChI is InChI=1S/C11H25NO3S/c1-4-7-11(15-5-2)10(12)8-6-9-16(3,13)14/h10-11H,4-9,12H2,1-3H3. The van der Waals surface area contributed by atoms with Crippen LogP contribution in [-0.4, -0.2) is 39.2 Å². The van der Waals surface area contributed by atoms with E-state index in [2.05, 4.69) is 6.92 Å². The molecule has 98 valence electrons. The molecular formula is C11H25NO3S. The van der Waals surface area contributed by atoms with Crippen LogP contribution in [0.3, 0.4) is 0 Å².